The second-order valence-electron chi connectivity index (χ2n) is 5.42. The molecule has 0 saturated carbocycles. The smallest absolute Gasteiger partial charge is 0.272 e. The molecule has 0 fully saturated rings. The number of anilines is 1. The van der Waals surface area contributed by atoms with E-state index in [-0.39, 0.29) is 17.6 Å². The molecule has 0 radical (unpaired) electrons. The van der Waals surface area contributed by atoms with Gasteiger partial charge in [-0.2, -0.15) is 0 Å². The lowest BCUT2D eigenvalue weighted by Gasteiger charge is -2.25. The molecule has 24 heavy (non-hydrogen) atoms. The fourth-order valence-electron chi connectivity index (χ4n) is 2.68. The fourth-order valence-corrected chi connectivity index (χ4v) is 2.68. The zero-order chi connectivity index (χ0) is 16.9. The molecule has 2 aromatic carbocycles. The minimum atomic E-state index is -2.57. The molecule has 0 aliphatic carbocycles. The van der Waals surface area contributed by atoms with Crippen molar-refractivity contribution < 1.29 is 23.0 Å². The van der Waals surface area contributed by atoms with Crippen molar-refractivity contribution in [2.24, 2.45) is 0 Å². The fraction of sp³-hybridized carbons (Fsp3) is 0.278. The second-order valence-corrected chi connectivity index (χ2v) is 5.42. The lowest BCUT2D eigenvalue weighted by Crippen LogP contribution is -2.26. The Kier molecular flexibility index (Phi) is 4.93. The number of para-hydroxylation sites is 3. The van der Waals surface area contributed by atoms with Gasteiger partial charge in [-0.15, -0.1) is 0 Å². The van der Waals surface area contributed by atoms with Crippen LogP contribution in [0.1, 0.15) is 17.9 Å². The summed E-state index contributed by atoms with van der Waals surface area (Å²) in [6.45, 7) is -0.258. The number of fused-ring (bicyclic) bond motifs is 1. The van der Waals surface area contributed by atoms with Gasteiger partial charge in [-0.3, -0.25) is 4.79 Å². The zero-order valence-electron chi connectivity index (χ0n) is 12.9. The molecule has 126 valence electrons. The number of carbonyl (C=O) groups is 1. The normalized spacial score (nSPS) is 16.2. The first-order valence-corrected chi connectivity index (χ1v) is 7.67. The van der Waals surface area contributed by atoms with Crippen molar-refractivity contribution in [3.63, 3.8) is 0 Å². The molecule has 0 bridgehead atoms. The summed E-state index contributed by atoms with van der Waals surface area (Å²) >= 11 is 0. The molecule has 4 nitrogen and oxygen atoms in total. The summed E-state index contributed by atoms with van der Waals surface area (Å²) in [6, 6.07) is 14.0. The van der Waals surface area contributed by atoms with Gasteiger partial charge in [0.2, 0.25) is 5.91 Å². The van der Waals surface area contributed by atoms with Gasteiger partial charge in [0.15, 0.2) is 0 Å². The maximum atomic E-state index is 12.7. The van der Waals surface area contributed by atoms with Gasteiger partial charge in [-0.05, 0) is 24.6 Å². The number of benzene rings is 2. The number of hydrogen-bond donors (Lipinski definition) is 1. The van der Waals surface area contributed by atoms with Crippen molar-refractivity contribution in [3.05, 3.63) is 54.1 Å². The highest BCUT2D eigenvalue weighted by molar-refractivity contribution is 5.97. The van der Waals surface area contributed by atoms with Gasteiger partial charge in [0.1, 0.15) is 18.1 Å². The van der Waals surface area contributed by atoms with Gasteiger partial charge in [0.05, 0.1) is 18.2 Å². The predicted molar refractivity (Wildman–Crippen MR) is 85.9 cm³/mol. The van der Waals surface area contributed by atoms with E-state index in [1.54, 1.807) is 24.3 Å². The Morgan fingerprint density at radius 3 is 2.79 bits per heavy atom. The summed E-state index contributed by atoms with van der Waals surface area (Å²) in [5, 5.41) is 2.78. The molecule has 1 aliphatic heterocycles. The third-order valence-electron chi connectivity index (χ3n) is 3.78. The molecule has 2 aromatic rings. The van der Waals surface area contributed by atoms with E-state index in [2.05, 4.69) is 5.32 Å². The highest BCUT2D eigenvalue weighted by Gasteiger charge is 2.28. The lowest BCUT2D eigenvalue weighted by atomic mass is 9.92. The van der Waals surface area contributed by atoms with E-state index in [4.69, 9.17) is 9.47 Å². The highest BCUT2D eigenvalue weighted by atomic mass is 19.3. The molecule has 1 heterocycles. The average Bonchev–Trinajstić information content (AvgIpc) is 2.60. The summed E-state index contributed by atoms with van der Waals surface area (Å²) in [7, 11) is 0. The summed E-state index contributed by atoms with van der Waals surface area (Å²) in [6.07, 6.45) is -2.01. The summed E-state index contributed by atoms with van der Waals surface area (Å²) in [4.78, 5) is 12.7. The standard InChI is InChI=1S/C18H17F2NO3/c19-17(20)11-24-16-8-4-2-6-14(16)21-18(22)13-9-10-23-15-7-3-1-5-12(13)15/h1-8,13,17H,9-11H2,(H,21,22). The van der Waals surface area contributed by atoms with Gasteiger partial charge in [-0.25, -0.2) is 8.78 Å². The van der Waals surface area contributed by atoms with Crippen LogP contribution in [-0.4, -0.2) is 25.5 Å². The van der Waals surface area contributed by atoms with Crippen LogP contribution in [0.2, 0.25) is 0 Å². The van der Waals surface area contributed by atoms with Crippen LogP contribution in [0.3, 0.4) is 0 Å². The molecule has 0 saturated heterocycles. The SMILES string of the molecule is O=C(Nc1ccccc1OCC(F)F)C1CCOc2ccccc21. The number of alkyl halides is 2. The van der Waals surface area contributed by atoms with Crippen LogP contribution in [0.25, 0.3) is 0 Å². The third kappa shape index (κ3) is 3.64. The molecular weight excluding hydrogens is 316 g/mol. The Morgan fingerprint density at radius 1 is 1.21 bits per heavy atom. The topological polar surface area (TPSA) is 47.6 Å². The average molecular weight is 333 g/mol. The minimum absolute atomic E-state index is 0.209. The number of rotatable bonds is 5. The van der Waals surface area contributed by atoms with E-state index in [1.165, 1.54) is 0 Å². The molecule has 1 amide bonds. The van der Waals surface area contributed by atoms with Crippen molar-refractivity contribution in [1.82, 2.24) is 0 Å². The minimum Gasteiger partial charge on any atom is -0.493 e. The van der Waals surface area contributed by atoms with E-state index in [0.717, 1.165) is 5.56 Å². The Balaban J connectivity index is 1.76. The number of amides is 1. The molecule has 1 unspecified atom stereocenters. The number of nitrogens with one attached hydrogen (secondary N) is 1. The molecule has 1 N–H and O–H groups in total. The van der Waals surface area contributed by atoms with E-state index < -0.39 is 13.0 Å². The Hall–Kier alpha value is -2.63. The van der Waals surface area contributed by atoms with Crippen molar-refractivity contribution in [2.75, 3.05) is 18.5 Å². The van der Waals surface area contributed by atoms with Gasteiger partial charge < -0.3 is 14.8 Å². The largest absolute Gasteiger partial charge is 0.493 e. The van der Waals surface area contributed by atoms with E-state index >= 15 is 0 Å². The molecule has 1 aliphatic rings. The summed E-state index contributed by atoms with van der Waals surface area (Å²) in [5.74, 6) is 0.370. The van der Waals surface area contributed by atoms with Crippen LogP contribution < -0.4 is 14.8 Å². The van der Waals surface area contributed by atoms with Crippen LogP contribution in [-0.2, 0) is 4.79 Å². The van der Waals surface area contributed by atoms with Crippen LogP contribution in [0.5, 0.6) is 11.5 Å². The first-order valence-electron chi connectivity index (χ1n) is 7.67. The molecule has 0 spiro atoms. The van der Waals surface area contributed by atoms with Crippen LogP contribution in [0, 0.1) is 0 Å². The van der Waals surface area contributed by atoms with Crippen LogP contribution in [0.4, 0.5) is 14.5 Å². The predicted octanol–water partition coefficient (Wildman–Crippen LogP) is 3.84. The van der Waals surface area contributed by atoms with Crippen molar-refractivity contribution in [1.29, 1.82) is 0 Å². The lowest BCUT2D eigenvalue weighted by molar-refractivity contribution is -0.118. The number of hydrogen-bond acceptors (Lipinski definition) is 3. The first kappa shape index (κ1) is 16.2. The second kappa shape index (κ2) is 7.29. The Bertz CT molecular complexity index is 721. The molecule has 0 aromatic heterocycles. The Labute approximate surface area is 138 Å². The van der Waals surface area contributed by atoms with Gasteiger partial charge in [-0.1, -0.05) is 30.3 Å². The maximum Gasteiger partial charge on any atom is 0.272 e. The molecule has 3 rings (SSSR count). The number of ether oxygens (including phenoxy) is 2. The summed E-state index contributed by atoms with van der Waals surface area (Å²) in [5.41, 5.74) is 1.21. The van der Waals surface area contributed by atoms with E-state index in [1.807, 2.05) is 24.3 Å². The third-order valence-corrected chi connectivity index (χ3v) is 3.78. The first-order chi connectivity index (χ1) is 11.6. The van der Waals surface area contributed by atoms with Gasteiger partial charge in [0.25, 0.3) is 6.43 Å². The molecule has 6 heteroatoms. The quantitative estimate of drug-likeness (QED) is 0.904. The maximum absolute atomic E-state index is 12.7. The number of halogens is 2. The van der Waals surface area contributed by atoms with E-state index in [9.17, 15) is 13.6 Å². The Morgan fingerprint density at radius 2 is 1.96 bits per heavy atom. The molecule has 1 atom stereocenters. The number of carbonyl (C=O) groups excluding carboxylic acids is 1. The summed E-state index contributed by atoms with van der Waals surface area (Å²) < 4.78 is 35.3. The van der Waals surface area contributed by atoms with Crippen molar-refractivity contribution in [2.45, 2.75) is 18.8 Å². The van der Waals surface area contributed by atoms with Crippen molar-refractivity contribution in [3.8, 4) is 11.5 Å². The van der Waals surface area contributed by atoms with Gasteiger partial charge in [0, 0.05) is 5.56 Å². The van der Waals surface area contributed by atoms with Gasteiger partial charge >= 0.3 is 0 Å². The monoisotopic (exact) mass is 333 g/mol. The zero-order valence-corrected chi connectivity index (χ0v) is 12.9. The highest BCUT2D eigenvalue weighted by Crippen LogP contribution is 2.35. The van der Waals surface area contributed by atoms with E-state index in [0.29, 0.717) is 24.5 Å². The van der Waals surface area contributed by atoms with Crippen LogP contribution in [0.15, 0.2) is 48.5 Å². The van der Waals surface area contributed by atoms with Crippen LogP contribution >= 0.6 is 0 Å². The van der Waals surface area contributed by atoms with Crippen molar-refractivity contribution >= 4 is 11.6 Å². The molecular formula is C18H17F2NO3.